The van der Waals surface area contributed by atoms with Crippen molar-refractivity contribution in [2.75, 3.05) is 18.5 Å². The largest absolute Gasteiger partial charge is 0.372 e. The molecule has 16 heavy (non-hydrogen) atoms. The Balaban J connectivity index is 2.90. The van der Waals surface area contributed by atoms with E-state index in [0.29, 0.717) is 11.6 Å². The molecule has 0 spiro atoms. The van der Waals surface area contributed by atoms with Gasteiger partial charge in [0.15, 0.2) is 0 Å². The van der Waals surface area contributed by atoms with Gasteiger partial charge in [-0.1, -0.05) is 19.9 Å². The maximum absolute atomic E-state index is 13.8. The number of hydrogen-bond acceptors (Lipinski definition) is 2. The van der Waals surface area contributed by atoms with E-state index in [0.717, 1.165) is 12.1 Å². The molecule has 0 saturated carbocycles. The third kappa shape index (κ3) is 3.20. The van der Waals surface area contributed by atoms with Gasteiger partial charge in [-0.3, -0.25) is 0 Å². The zero-order valence-electron chi connectivity index (χ0n) is 10.5. The van der Waals surface area contributed by atoms with Gasteiger partial charge < -0.3 is 10.6 Å². The van der Waals surface area contributed by atoms with Crippen molar-refractivity contribution < 1.29 is 4.39 Å². The summed E-state index contributed by atoms with van der Waals surface area (Å²) in [6.45, 7) is 6.93. The van der Waals surface area contributed by atoms with E-state index in [4.69, 9.17) is 5.73 Å². The summed E-state index contributed by atoms with van der Waals surface area (Å²) < 4.78 is 13.8. The molecule has 0 unspecified atom stereocenters. The second-order valence-electron chi connectivity index (χ2n) is 4.77. The first-order valence-corrected chi connectivity index (χ1v) is 5.68. The predicted molar refractivity (Wildman–Crippen MR) is 67.1 cm³/mol. The van der Waals surface area contributed by atoms with Gasteiger partial charge in [0.2, 0.25) is 0 Å². The van der Waals surface area contributed by atoms with Crippen LogP contribution in [0.1, 0.15) is 32.4 Å². The van der Waals surface area contributed by atoms with E-state index in [1.165, 1.54) is 6.07 Å². The Morgan fingerprint density at radius 3 is 2.38 bits per heavy atom. The molecule has 0 aliphatic rings. The Hall–Kier alpha value is -1.09. The second-order valence-corrected chi connectivity index (χ2v) is 4.77. The molecule has 0 bridgehead atoms. The number of nitrogens with two attached hydrogens (primary N) is 1. The number of hydrogen-bond donors (Lipinski definition) is 1. The van der Waals surface area contributed by atoms with Crippen LogP contribution in [0.4, 0.5) is 10.1 Å². The van der Waals surface area contributed by atoms with Crippen molar-refractivity contribution >= 4 is 5.69 Å². The van der Waals surface area contributed by atoms with Crippen molar-refractivity contribution in [2.24, 2.45) is 11.7 Å². The van der Waals surface area contributed by atoms with E-state index < -0.39 is 0 Å². The molecule has 2 N–H and O–H groups in total. The monoisotopic (exact) mass is 224 g/mol. The number of anilines is 1. The smallest absolute Gasteiger partial charge is 0.146 e. The normalized spacial score (nSPS) is 12.9. The average Bonchev–Trinajstić information content (AvgIpc) is 2.15. The molecule has 0 heterocycles. The summed E-state index contributed by atoms with van der Waals surface area (Å²) in [6.07, 6.45) is 0. The number of benzene rings is 1. The average molecular weight is 224 g/mol. The van der Waals surface area contributed by atoms with Gasteiger partial charge in [0.05, 0.1) is 5.69 Å². The lowest BCUT2D eigenvalue weighted by molar-refractivity contribution is 0.596. The summed E-state index contributed by atoms with van der Waals surface area (Å²) in [5, 5.41) is 0. The summed E-state index contributed by atoms with van der Waals surface area (Å²) in [5.74, 6) is 0.315. The van der Waals surface area contributed by atoms with Crippen LogP contribution in [0.5, 0.6) is 0 Å². The molecule has 90 valence electrons. The summed E-state index contributed by atoms with van der Waals surface area (Å²) in [4.78, 5) is 1.94. The minimum absolute atomic E-state index is 0.126. The lowest BCUT2D eigenvalue weighted by atomic mass is 10.1. The second kappa shape index (κ2) is 5.30. The van der Waals surface area contributed by atoms with Crippen LogP contribution in [0, 0.1) is 11.7 Å². The van der Waals surface area contributed by atoms with Crippen molar-refractivity contribution in [1.82, 2.24) is 0 Å². The summed E-state index contributed by atoms with van der Waals surface area (Å²) in [6, 6.07) is 5.09. The highest BCUT2D eigenvalue weighted by atomic mass is 19.1. The van der Waals surface area contributed by atoms with E-state index >= 15 is 0 Å². The molecule has 0 aliphatic heterocycles. The van der Waals surface area contributed by atoms with Crippen LogP contribution in [0.25, 0.3) is 0 Å². The molecule has 0 radical (unpaired) electrons. The fraction of sp³-hybridized carbons (Fsp3) is 0.538. The molecule has 1 aromatic rings. The first-order chi connectivity index (χ1) is 7.41. The Morgan fingerprint density at radius 2 is 1.94 bits per heavy atom. The Morgan fingerprint density at radius 1 is 1.31 bits per heavy atom. The SMILES string of the molecule is CC(C)CN(C)c1ccc([C@@H](C)N)cc1F. The van der Waals surface area contributed by atoms with Crippen molar-refractivity contribution in [3.63, 3.8) is 0 Å². The molecule has 0 aromatic heterocycles. The molecule has 1 rings (SSSR count). The molecule has 3 heteroatoms. The van der Waals surface area contributed by atoms with Gasteiger partial charge in [0.25, 0.3) is 0 Å². The van der Waals surface area contributed by atoms with Crippen molar-refractivity contribution in [3.05, 3.63) is 29.6 Å². The lowest BCUT2D eigenvalue weighted by Crippen LogP contribution is -2.23. The van der Waals surface area contributed by atoms with Crippen LogP contribution in [0.2, 0.25) is 0 Å². The summed E-state index contributed by atoms with van der Waals surface area (Å²) in [7, 11) is 1.91. The van der Waals surface area contributed by atoms with Crippen molar-refractivity contribution in [1.29, 1.82) is 0 Å². The third-order valence-corrected chi connectivity index (χ3v) is 2.55. The maximum Gasteiger partial charge on any atom is 0.146 e. The van der Waals surface area contributed by atoms with E-state index in [2.05, 4.69) is 13.8 Å². The lowest BCUT2D eigenvalue weighted by Gasteiger charge is -2.22. The number of halogens is 1. The summed E-state index contributed by atoms with van der Waals surface area (Å²) >= 11 is 0. The third-order valence-electron chi connectivity index (χ3n) is 2.55. The minimum Gasteiger partial charge on any atom is -0.372 e. The topological polar surface area (TPSA) is 29.3 Å². The molecule has 0 amide bonds. The van der Waals surface area contributed by atoms with Gasteiger partial charge >= 0.3 is 0 Å². The van der Waals surface area contributed by atoms with E-state index in [1.54, 1.807) is 6.07 Å². The van der Waals surface area contributed by atoms with Crippen molar-refractivity contribution in [2.45, 2.75) is 26.8 Å². The Kier molecular flexibility index (Phi) is 4.30. The maximum atomic E-state index is 13.8. The van der Waals surface area contributed by atoms with Gasteiger partial charge in [-0.2, -0.15) is 0 Å². The fourth-order valence-corrected chi connectivity index (χ4v) is 1.76. The molecule has 1 atom stereocenters. The molecule has 0 saturated heterocycles. The summed E-state index contributed by atoms with van der Waals surface area (Å²) in [5.41, 5.74) is 7.18. The molecular formula is C13H21FN2. The number of nitrogens with zero attached hydrogens (tertiary/aromatic N) is 1. The van der Waals surface area contributed by atoms with Crippen LogP contribution in [-0.2, 0) is 0 Å². The first-order valence-electron chi connectivity index (χ1n) is 5.68. The van der Waals surface area contributed by atoms with Crippen LogP contribution < -0.4 is 10.6 Å². The zero-order chi connectivity index (χ0) is 12.3. The molecule has 0 aliphatic carbocycles. The molecule has 1 aromatic carbocycles. The number of rotatable bonds is 4. The van der Waals surface area contributed by atoms with E-state index in [9.17, 15) is 4.39 Å². The minimum atomic E-state index is -0.196. The Labute approximate surface area is 97.3 Å². The molecule has 0 fully saturated rings. The van der Waals surface area contributed by atoms with Crippen LogP contribution in [0.15, 0.2) is 18.2 Å². The quantitative estimate of drug-likeness (QED) is 0.852. The highest BCUT2D eigenvalue weighted by Gasteiger charge is 2.10. The van der Waals surface area contributed by atoms with Gasteiger partial charge in [0.1, 0.15) is 5.82 Å². The van der Waals surface area contributed by atoms with Crippen LogP contribution in [-0.4, -0.2) is 13.6 Å². The molecular weight excluding hydrogens is 203 g/mol. The van der Waals surface area contributed by atoms with Gasteiger partial charge in [-0.05, 0) is 30.5 Å². The zero-order valence-corrected chi connectivity index (χ0v) is 10.5. The van der Waals surface area contributed by atoms with Gasteiger partial charge in [-0.15, -0.1) is 0 Å². The highest BCUT2D eigenvalue weighted by molar-refractivity contribution is 5.48. The van der Waals surface area contributed by atoms with Crippen molar-refractivity contribution in [3.8, 4) is 0 Å². The fourth-order valence-electron chi connectivity index (χ4n) is 1.76. The predicted octanol–water partition coefficient (Wildman–Crippen LogP) is 2.94. The van der Waals surface area contributed by atoms with E-state index in [-0.39, 0.29) is 11.9 Å². The standard InChI is InChI=1S/C13H21FN2/c1-9(2)8-16(4)13-6-5-11(10(3)15)7-12(13)14/h5-7,9-10H,8,15H2,1-4H3/t10-/m1/s1. The van der Waals surface area contributed by atoms with Crippen LogP contribution in [0.3, 0.4) is 0 Å². The Bertz CT molecular complexity index is 348. The highest BCUT2D eigenvalue weighted by Crippen LogP contribution is 2.22. The molecule has 2 nitrogen and oxygen atoms in total. The van der Waals surface area contributed by atoms with Crippen LogP contribution >= 0.6 is 0 Å². The van der Waals surface area contributed by atoms with E-state index in [1.807, 2.05) is 24.9 Å². The van der Waals surface area contributed by atoms with Gasteiger partial charge in [0, 0.05) is 19.6 Å². The van der Waals surface area contributed by atoms with Gasteiger partial charge in [-0.25, -0.2) is 4.39 Å². The first kappa shape index (κ1) is 13.0.